The van der Waals surface area contributed by atoms with Gasteiger partial charge >= 0.3 is 0 Å². The molecule has 1 amide bonds. The Labute approximate surface area is 138 Å². The maximum Gasteiger partial charge on any atom is 0.220 e. The lowest BCUT2D eigenvalue weighted by molar-refractivity contribution is -0.121. The summed E-state index contributed by atoms with van der Waals surface area (Å²) in [7, 11) is 0. The maximum atomic E-state index is 12.2. The van der Waals surface area contributed by atoms with E-state index in [4.69, 9.17) is 0 Å². The van der Waals surface area contributed by atoms with E-state index in [1.165, 1.54) is 36.0 Å². The lowest BCUT2D eigenvalue weighted by Gasteiger charge is -2.42. The van der Waals surface area contributed by atoms with Crippen LogP contribution in [0.4, 0.5) is 0 Å². The van der Waals surface area contributed by atoms with Crippen LogP contribution < -0.4 is 5.32 Å². The SMILES string of the molecule is Cc1ccc(CCC(=O)NCC2(c3ccccc3)CCC2)cc1. The summed E-state index contributed by atoms with van der Waals surface area (Å²) >= 11 is 0. The second kappa shape index (κ2) is 6.99. The average molecular weight is 307 g/mol. The topological polar surface area (TPSA) is 29.1 Å². The number of carbonyl (C=O) groups excluding carboxylic acids is 1. The van der Waals surface area contributed by atoms with Crippen molar-refractivity contribution in [2.24, 2.45) is 0 Å². The molecular weight excluding hydrogens is 282 g/mol. The Kier molecular flexibility index (Phi) is 4.80. The van der Waals surface area contributed by atoms with Crippen molar-refractivity contribution in [3.8, 4) is 0 Å². The summed E-state index contributed by atoms with van der Waals surface area (Å²) in [6, 6.07) is 19.0. The van der Waals surface area contributed by atoms with E-state index in [2.05, 4.69) is 66.8 Å². The number of hydrogen-bond acceptors (Lipinski definition) is 1. The number of aryl methyl sites for hydroxylation is 2. The van der Waals surface area contributed by atoms with Crippen molar-refractivity contribution in [1.82, 2.24) is 5.32 Å². The number of benzene rings is 2. The Bertz CT molecular complexity index is 641. The Hall–Kier alpha value is -2.09. The van der Waals surface area contributed by atoms with Gasteiger partial charge in [0.1, 0.15) is 0 Å². The van der Waals surface area contributed by atoms with E-state index in [-0.39, 0.29) is 11.3 Å². The van der Waals surface area contributed by atoms with E-state index >= 15 is 0 Å². The highest BCUT2D eigenvalue weighted by Gasteiger charge is 2.38. The molecule has 3 rings (SSSR count). The molecule has 1 saturated carbocycles. The molecule has 0 bridgehead atoms. The minimum absolute atomic E-state index is 0.160. The molecule has 0 atom stereocenters. The van der Waals surface area contributed by atoms with Crippen molar-refractivity contribution >= 4 is 5.91 Å². The second-order valence-corrected chi connectivity index (χ2v) is 6.76. The van der Waals surface area contributed by atoms with Gasteiger partial charge in [-0.2, -0.15) is 0 Å². The van der Waals surface area contributed by atoms with Gasteiger partial charge in [0.25, 0.3) is 0 Å². The molecule has 23 heavy (non-hydrogen) atoms. The Morgan fingerprint density at radius 1 is 1.04 bits per heavy atom. The molecular formula is C21H25NO. The van der Waals surface area contributed by atoms with Crippen molar-refractivity contribution in [2.45, 2.75) is 44.4 Å². The van der Waals surface area contributed by atoms with Crippen molar-refractivity contribution in [3.63, 3.8) is 0 Å². The summed E-state index contributed by atoms with van der Waals surface area (Å²) in [5, 5.41) is 3.17. The molecule has 120 valence electrons. The minimum Gasteiger partial charge on any atom is -0.355 e. The van der Waals surface area contributed by atoms with Crippen LogP contribution in [0.25, 0.3) is 0 Å². The summed E-state index contributed by atoms with van der Waals surface area (Å²) in [4.78, 5) is 12.2. The van der Waals surface area contributed by atoms with Gasteiger partial charge < -0.3 is 5.32 Å². The first kappa shape index (κ1) is 15.8. The number of rotatable bonds is 6. The third-order valence-corrected chi connectivity index (χ3v) is 5.08. The number of nitrogens with one attached hydrogen (secondary N) is 1. The zero-order chi connectivity index (χ0) is 16.1. The largest absolute Gasteiger partial charge is 0.355 e. The average Bonchev–Trinajstić information content (AvgIpc) is 2.54. The molecule has 1 aliphatic carbocycles. The monoisotopic (exact) mass is 307 g/mol. The fraction of sp³-hybridized carbons (Fsp3) is 0.381. The molecule has 0 aliphatic heterocycles. The van der Waals surface area contributed by atoms with E-state index in [0.717, 1.165) is 13.0 Å². The summed E-state index contributed by atoms with van der Waals surface area (Å²) in [5.74, 6) is 0.160. The van der Waals surface area contributed by atoms with E-state index in [9.17, 15) is 4.79 Å². The first-order valence-electron chi connectivity index (χ1n) is 8.56. The summed E-state index contributed by atoms with van der Waals surface area (Å²) in [6.45, 7) is 2.85. The van der Waals surface area contributed by atoms with Crippen LogP contribution in [0.1, 0.15) is 42.4 Å². The molecule has 1 aliphatic rings. The Morgan fingerprint density at radius 2 is 1.74 bits per heavy atom. The molecule has 0 unspecified atom stereocenters. The predicted octanol–water partition coefficient (Wildman–Crippen LogP) is 4.17. The second-order valence-electron chi connectivity index (χ2n) is 6.76. The van der Waals surface area contributed by atoms with Gasteiger partial charge in [-0.05, 0) is 37.3 Å². The molecule has 0 aromatic heterocycles. The smallest absolute Gasteiger partial charge is 0.220 e. The van der Waals surface area contributed by atoms with Crippen LogP contribution >= 0.6 is 0 Å². The van der Waals surface area contributed by atoms with Gasteiger partial charge in [0.2, 0.25) is 5.91 Å². The lowest BCUT2D eigenvalue weighted by Crippen LogP contribution is -2.45. The first-order chi connectivity index (χ1) is 11.2. The zero-order valence-corrected chi connectivity index (χ0v) is 13.8. The van der Waals surface area contributed by atoms with Crippen LogP contribution in [0, 0.1) is 6.92 Å². The molecule has 0 radical (unpaired) electrons. The van der Waals surface area contributed by atoms with Crippen LogP contribution in [0.2, 0.25) is 0 Å². The van der Waals surface area contributed by atoms with E-state index < -0.39 is 0 Å². The van der Waals surface area contributed by atoms with Crippen LogP contribution in [-0.4, -0.2) is 12.5 Å². The maximum absolute atomic E-state index is 12.2. The van der Waals surface area contributed by atoms with Crippen LogP contribution in [0.5, 0.6) is 0 Å². The number of hydrogen-bond donors (Lipinski definition) is 1. The van der Waals surface area contributed by atoms with Crippen LogP contribution in [0.15, 0.2) is 54.6 Å². The zero-order valence-electron chi connectivity index (χ0n) is 13.8. The molecule has 2 nitrogen and oxygen atoms in total. The Morgan fingerprint density at radius 3 is 2.35 bits per heavy atom. The number of carbonyl (C=O) groups is 1. The fourth-order valence-electron chi connectivity index (χ4n) is 3.33. The minimum atomic E-state index is 0.160. The standard InChI is InChI=1S/C21H25NO/c1-17-8-10-18(11-9-17)12-13-20(23)22-16-21(14-5-15-21)19-6-3-2-4-7-19/h2-4,6-11H,5,12-16H2,1H3,(H,22,23). The van der Waals surface area contributed by atoms with Gasteiger partial charge in [0.05, 0.1) is 0 Å². The van der Waals surface area contributed by atoms with Gasteiger partial charge in [0.15, 0.2) is 0 Å². The molecule has 2 heteroatoms. The van der Waals surface area contributed by atoms with Gasteiger partial charge in [0, 0.05) is 18.4 Å². The third-order valence-electron chi connectivity index (χ3n) is 5.08. The molecule has 1 N–H and O–H groups in total. The quantitative estimate of drug-likeness (QED) is 0.853. The van der Waals surface area contributed by atoms with Crippen molar-refractivity contribution < 1.29 is 4.79 Å². The van der Waals surface area contributed by atoms with Crippen molar-refractivity contribution in [1.29, 1.82) is 0 Å². The van der Waals surface area contributed by atoms with Gasteiger partial charge in [-0.1, -0.05) is 66.6 Å². The molecule has 2 aromatic rings. The highest BCUT2D eigenvalue weighted by molar-refractivity contribution is 5.76. The highest BCUT2D eigenvalue weighted by Crippen LogP contribution is 2.43. The van der Waals surface area contributed by atoms with Crippen molar-refractivity contribution in [3.05, 3.63) is 71.3 Å². The Balaban J connectivity index is 1.51. The molecule has 1 fully saturated rings. The molecule has 0 saturated heterocycles. The molecule has 0 spiro atoms. The first-order valence-corrected chi connectivity index (χ1v) is 8.56. The third kappa shape index (κ3) is 3.82. The summed E-state index contributed by atoms with van der Waals surface area (Å²) in [6.07, 6.45) is 4.98. The van der Waals surface area contributed by atoms with Crippen LogP contribution in [0.3, 0.4) is 0 Å². The van der Waals surface area contributed by atoms with Gasteiger partial charge in [-0.15, -0.1) is 0 Å². The van der Waals surface area contributed by atoms with Gasteiger partial charge in [-0.3, -0.25) is 4.79 Å². The number of amides is 1. The highest BCUT2D eigenvalue weighted by atomic mass is 16.1. The van der Waals surface area contributed by atoms with E-state index in [1.807, 2.05) is 0 Å². The molecule has 0 heterocycles. The van der Waals surface area contributed by atoms with Crippen molar-refractivity contribution in [2.75, 3.05) is 6.54 Å². The van der Waals surface area contributed by atoms with E-state index in [0.29, 0.717) is 6.42 Å². The summed E-state index contributed by atoms with van der Waals surface area (Å²) in [5.41, 5.74) is 4.02. The fourth-order valence-corrected chi connectivity index (χ4v) is 3.33. The van der Waals surface area contributed by atoms with Gasteiger partial charge in [-0.25, -0.2) is 0 Å². The molecule has 2 aromatic carbocycles. The normalized spacial score (nSPS) is 15.7. The van der Waals surface area contributed by atoms with E-state index in [1.54, 1.807) is 0 Å². The van der Waals surface area contributed by atoms with Crippen LogP contribution in [-0.2, 0) is 16.6 Å². The predicted molar refractivity (Wildman–Crippen MR) is 94.5 cm³/mol. The summed E-state index contributed by atoms with van der Waals surface area (Å²) < 4.78 is 0. The lowest BCUT2D eigenvalue weighted by atomic mass is 9.64.